The van der Waals surface area contributed by atoms with Gasteiger partial charge in [0.1, 0.15) is 0 Å². The van der Waals surface area contributed by atoms with Gasteiger partial charge in [0, 0.05) is 36.3 Å². The first-order chi connectivity index (χ1) is 26.8. The summed E-state index contributed by atoms with van der Waals surface area (Å²) in [5.74, 6) is 10.1. The van der Waals surface area contributed by atoms with Gasteiger partial charge < -0.3 is 0 Å². The zero-order chi connectivity index (χ0) is 35.6. The van der Waals surface area contributed by atoms with E-state index in [9.17, 15) is 0 Å². The van der Waals surface area contributed by atoms with Crippen molar-refractivity contribution in [2.24, 2.45) is 59.2 Å². The summed E-state index contributed by atoms with van der Waals surface area (Å²) in [7, 11) is 0. The summed E-state index contributed by atoms with van der Waals surface area (Å²) in [4.78, 5) is 6.92. The number of allylic oxidation sites excluding steroid dienone is 4. The number of rotatable bonds is 5. The molecule has 9 aliphatic carbocycles. The van der Waals surface area contributed by atoms with Gasteiger partial charge in [-0.1, -0.05) is 81.1 Å². The van der Waals surface area contributed by atoms with Gasteiger partial charge in [0.15, 0.2) is 0 Å². The van der Waals surface area contributed by atoms with E-state index < -0.39 is 0 Å². The fraction of sp³-hybridized carbons (Fsp3) is 0.923. The Morgan fingerprint density at radius 3 is 1.70 bits per heavy atom. The third-order valence-electron chi connectivity index (χ3n) is 20.4. The standard InChI is InChI=1S/C52H82N2/c1-4-14-35(15-5-1)37-24-27-40(28-25-37)53-48-32-33-49-51(52(48)45-29-26-39(34-50(45)53)36-16-6-2-7-17-36)44-22-12-13-23-46(44)54(49)47-31-30-41(38-18-8-3-9-19-38)42-20-10-11-21-43(42)47/h16,18,35,37,39-52H,1-15,17,19-34H2. The van der Waals surface area contributed by atoms with Crippen molar-refractivity contribution < 1.29 is 0 Å². The van der Waals surface area contributed by atoms with Gasteiger partial charge >= 0.3 is 0 Å². The second kappa shape index (κ2) is 15.9. The smallest absolute Gasteiger partial charge is 0.0139 e. The number of likely N-dealkylation sites (tertiary alicyclic amines) is 2. The Bertz CT molecular complexity index is 1350. The van der Waals surface area contributed by atoms with Crippen molar-refractivity contribution in [2.75, 3.05) is 0 Å². The second-order valence-electron chi connectivity index (χ2n) is 22.4. The van der Waals surface area contributed by atoms with Gasteiger partial charge in [0.25, 0.3) is 0 Å². The van der Waals surface area contributed by atoms with E-state index in [1.807, 2.05) is 11.1 Å². The highest BCUT2D eigenvalue weighted by molar-refractivity contribution is 5.21. The predicted molar refractivity (Wildman–Crippen MR) is 225 cm³/mol. The molecule has 300 valence electrons. The van der Waals surface area contributed by atoms with E-state index in [1.165, 1.54) is 103 Å². The topological polar surface area (TPSA) is 6.48 Å². The van der Waals surface area contributed by atoms with Crippen molar-refractivity contribution in [1.82, 2.24) is 9.80 Å². The minimum absolute atomic E-state index is 0.912. The van der Waals surface area contributed by atoms with E-state index in [-0.39, 0.29) is 0 Å². The average Bonchev–Trinajstić information content (AvgIpc) is 3.76. The Morgan fingerprint density at radius 1 is 0.370 bits per heavy atom. The fourth-order valence-corrected chi connectivity index (χ4v) is 18.5. The Kier molecular flexibility index (Phi) is 10.7. The molecule has 0 bridgehead atoms. The highest BCUT2D eigenvalue weighted by Gasteiger charge is 2.65. The first-order valence-electron chi connectivity index (χ1n) is 25.7. The van der Waals surface area contributed by atoms with Gasteiger partial charge in [-0.2, -0.15) is 0 Å². The van der Waals surface area contributed by atoms with Crippen molar-refractivity contribution in [2.45, 2.75) is 242 Å². The molecule has 9 fully saturated rings. The van der Waals surface area contributed by atoms with Crippen LogP contribution < -0.4 is 0 Å². The molecule has 2 saturated heterocycles. The molecule has 7 saturated carbocycles. The van der Waals surface area contributed by atoms with Crippen LogP contribution in [0.4, 0.5) is 0 Å². The van der Waals surface area contributed by atoms with E-state index in [2.05, 4.69) is 22.0 Å². The molecule has 2 aliphatic heterocycles. The number of hydrogen-bond donors (Lipinski definition) is 0. The van der Waals surface area contributed by atoms with Crippen LogP contribution in [0, 0.1) is 59.2 Å². The molecule has 0 N–H and O–H groups in total. The first kappa shape index (κ1) is 36.5. The van der Waals surface area contributed by atoms with E-state index in [4.69, 9.17) is 0 Å². The number of nitrogens with zero attached hydrogens (tertiary/aromatic N) is 2. The van der Waals surface area contributed by atoms with Crippen molar-refractivity contribution >= 4 is 0 Å². The lowest BCUT2D eigenvalue weighted by atomic mass is 9.59. The zero-order valence-electron chi connectivity index (χ0n) is 34.9. The maximum absolute atomic E-state index is 3.48. The summed E-state index contributed by atoms with van der Waals surface area (Å²) in [6.07, 6.45) is 54.2. The zero-order valence-corrected chi connectivity index (χ0v) is 34.9. The van der Waals surface area contributed by atoms with Crippen molar-refractivity contribution in [1.29, 1.82) is 0 Å². The van der Waals surface area contributed by atoms with Crippen LogP contribution in [-0.2, 0) is 0 Å². The monoisotopic (exact) mass is 735 g/mol. The third kappa shape index (κ3) is 6.44. The molecule has 0 aromatic carbocycles. The summed E-state index contributed by atoms with van der Waals surface area (Å²) in [6, 6.07) is 5.54. The molecule has 0 amide bonds. The first-order valence-corrected chi connectivity index (χ1v) is 25.7. The normalized spacial score (nSPS) is 49.1. The molecule has 0 aromatic heterocycles. The summed E-state index contributed by atoms with van der Waals surface area (Å²) >= 11 is 0. The van der Waals surface area contributed by atoms with Gasteiger partial charge in [0.2, 0.25) is 0 Å². The molecule has 0 spiro atoms. The Balaban J connectivity index is 0.888. The Labute approximate surface area is 332 Å². The number of fused-ring (bicyclic) bond motifs is 8. The van der Waals surface area contributed by atoms with E-state index in [0.29, 0.717) is 0 Å². The molecule has 0 radical (unpaired) electrons. The van der Waals surface area contributed by atoms with Crippen LogP contribution in [0.5, 0.6) is 0 Å². The second-order valence-corrected chi connectivity index (χ2v) is 22.4. The summed E-state index contributed by atoms with van der Waals surface area (Å²) in [6.45, 7) is 0. The van der Waals surface area contributed by atoms with Gasteiger partial charge in [-0.05, 0) is 207 Å². The molecule has 0 aromatic rings. The van der Waals surface area contributed by atoms with Gasteiger partial charge in [0.05, 0.1) is 0 Å². The third-order valence-corrected chi connectivity index (χ3v) is 20.4. The maximum atomic E-state index is 3.48. The van der Waals surface area contributed by atoms with Crippen LogP contribution in [0.2, 0.25) is 0 Å². The fourth-order valence-electron chi connectivity index (χ4n) is 18.5. The molecule has 13 atom stereocenters. The molecule has 11 aliphatic rings. The van der Waals surface area contributed by atoms with E-state index in [1.54, 1.807) is 103 Å². The van der Waals surface area contributed by atoms with Crippen LogP contribution in [-0.4, -0.2) is 46.1 Å². The van der Waals surface area contributed by atoms with E-state index in [0.717, 1.165) is 95.4 Å². The highest BCUT2D eigenvalue weighted by Crippen LogP contribution is 2.63. The Morgan fingerprint density at radius 2 is 0.963 bits per heavy atom. The SMILES string of the molecule is C1=C(C2CCC3C4C5C6CCCCC6N(C6CCC(C7=CCCCC7)C7CCCCC76)C5CCC4N(C4CCC(C5CCCCC5)CC4)C3C2)CCCC1. The quantitative estimate of drug-likeness (QED) is 0.260. The van der Waals surface area contributed by atoms with Crippen LogP contribution in [0.15, 0.2) is 23.3 Å². The minimum atomic E-state index is 0.912. The molecule has 54 heavy (non-hydrogen) atoms. The van der Waals surface area contributed by atoms with Gasteiger partial charge in [-0.3, -0.25) is 9.80 Å². The van der Waals surface area contributed by atoms with Gasteiger partial charge in [-0.25, -0.2) is 0 Å². The lowest BCUT2D eigenvalue weighted by Gasteiger charge is -2.54. The lowest BCUT2D eigenvalue weighted by molar-refractivity contribution is -0.0320. The van der Waals surface area contributed by atoms with Crippen LogP contribution in [0.25, 0.3) is 0 Å². The average molecular weight is 735 g/mol. The van der Waals surface area contributed by atoms with Gasteiger partial charge in [-0.15, -0.1) is 0 Å². The van der Waals surface area contributed by atoms with E-state index >= 15 is 0 Å². The molecule has 2 nitrogen and oxygen atoms in total. The molecular formula is C52H82N2. The van der Waals surface area contributed by atoms with Crippen molar-refractivity contribution in [3.8, 4) is 0 Å². The molecule has 11 rings (SSSR count). The van der Waals surface area contributed by atoms with Crippen molar-refractivity contribution in [3.63, 3.8) is 0 Å². The molecule has 2 heterocycles. The summed E-state index contributed by atoms with van der Waals surface area (Å²) in [5, 5.41) is 0. The highest BCUT2D eigenvalue weighted by atomic mass is 15.3. The minimum Gasteiger partial charge on any atom is -0.294 e. The van der Waals surface area contributed by atoms with Crippen molar-refractivity contribution in [3.05, 3.63) is 23.3 Å². The van der Waals surface area contributed by atoms with Crippen LogP contribution in [0.3, 0.4) is 0 Å². The summed E-state index contributed by atoms with van der Waals surface area (Å²) in [5.41, 5.74) is 3.87. The summed E-state index contributed by atoms with van der Waals surface area (Å²) < 4.78 is 0. The molecular weight excluding hydrogens is 653 g/mol. The Hall–Kier alpha value is -0.600. The largest absolute Gasteiger partial charge is 0.294 e. The van der Waals surface area contributed by atoms with Crippen LogP contribution in [0.1, 0.15) is 205 Å². The number of hydrogen-bond acceptors (Lipinski definition) is 2. The molecule has 13 unspecified atom stereocenters. The predicted octanol–water partition coefficient (Wildman–Crippen LogP) is 13.4. The lowest BCUT2D eigenvalue weighted by Crippen LogP contribution is -2.56. The van der Waals surface area contributed by atoms with Crippen LogP contribution >= 0.6 is 0 Å². The molecule has 2 heteroatoms. The maximum Gasteiger partial charge on any atom is 0.0139 e.